The second kappa shape index (κ2) is 6.62. The first-order valence-corrected chi connectivity index (χ1v) is 7.51. The van der Waals surface area contributed by atoms with E-state index in [-0.39, 0.29) is 23.8 Å². The SMILES string of the molecule is COc1ccc(CNC(=O)[C@@H]2Cc3ccccc3O2)cc1C(=O)O. The quantitative estimate of drug-likeness (QED) is 0.877. The molecule has 3 rings (SSSR count). The van der Waals surface area contributed by atoms with Crippen LogP contribution in [0.4, 0.5) is 0 Å². The molecule has 1 aliphatic rings. The second-order valence-corrected chi connectivity index (χ2v) is 5.48. The molecule has 2 aromatic carbocycles. The molecule has 2 N–H and O–H groups in total. The summed E-state index contributed by atoms with van der Waals surface area (Å²) in [5.41, 5.74) is 1.75. The normalized spacial score (nSPS) is 15.3. The lowest BCUT2D eigenvalue weighted by molar-refractivity contribution is -0.127. The Labute approximate surface area is 139 Å². The van der Waals surface area contributed by atoms with E-state index in [1.54, 1.807) is 12.1 Å². The molecule has 6 nitrogen and oxygen atoms in total. The number of para-hydroxylation sites is 1. The van der Waals surface area contributed by atoms with Gasteiger partial charge in [-0.25, -0.2) is 4.79 Å². The monoisotopic (exact) mass is 327 g/mol. The summed E-state index contributed by atoms with van der Waals surface area (Å²) in [6, 6.07) is 12.3. The van der Waals surface area contributed by atoms with Crippen molar-refractivity contribution in [2.75, 3.05) is 7.11 Å². The number of amides is 1. The van der Waals surface area contributed by atoms with Crippen LogP contribution in [-0.4, -0.2) is 30.2 Å². The van der Waals surface area contributed by atoms with Gasteiger partial charge in [-0.2, -0.15) is 0 Å². The van der Waals surface area contributed by atoms with Gasteiger partial charge in [0.15, 0.2) is 6.10 Å². The number of nitrogens with one attached hydrogen (secondary N) is 1. The van der Waals surface area contributed by atoms with Crippen molar-refractivity contribution in [1.29, 1.82) is 0 Å². The number of carboxylic acids is 1. The van der Waals surface area contributed by atoms with Gasteiger partial charge < -0.3 is 19.9 Å². The minimum Gasteiger partial charge on any atom is -0.496 e. The summed E-state index contributed by atoms with van der Waals surface area (Å²) in [5, 5.41) is 12.0. The zero-order valence-electron chi connectivity index (χ0n) is 13.1. The highest BCUT2D eigenvalue weighted by molar-refractivity contribution is 5.91. The zero-order valence-corrected chi connectivity index (χ0v) is 13.1. The third kappa shape index (κ3) is 3.17. The summed E-state index contributed by atoms with van der Waals surface area (Å²) in [5.74, 6) is -0.282. The minimum atomic E-state index is -1.07. The lowest BCUT2D eigenvalue weighted by Gasteiger charge is -2.12. The maximum absolute atomic E-state index is 12.3. The number of methoxy groups -OCH3 is 1. The molecule has 0 radical (unpaired) electrons. The third-order valence-electron chi connectivity index (χ3n) is 3.90. The van der Waals surface area contributed by atoms with Crippen molar-refractivity contribution < 1.29 is 24.2 Å². The zero-order chi connectivity index (χ0) is 17.1. The van der Waals surface area contributed by atoms with Gasteiger partial charge >= 0.3 is 5.97 Å². The van der Waals surface area contributed by atoms with Gasteiger partial charge in [-0.05, 0) is 29.3 Å². The first-order chi connectivity index (χ1) is 11.6. The first-order valence-electron chi connectivity index (χ1n) is 7.51. The highest BCUT2D eigenvalue weighted by atomic mass is 16.5. The lowest BCUT2D eigenvalue weighted by atomic mass is 10.1. The van der Waals surface area contributed by atoms with Gasteiger partial charge in [-0.15, -0.1) is 0 Å². The maximum atomic E-state index is 12.3. The van der Waals surface area contributed by atoms with Gasteiger partial charge in [0.25, 0.3) is 5.91 Å². The first kappa shape index (κ1) is 15.9. The van der Waals surface area contributed by atoms with E-state index in [1.807, 2.05) is 24.3 Å². The average molecular weight is 327 g/mol. The molecule has 0 fully saturated rings. The Bertz CT molecular complexity index is 762. The van der Waals surface area contributed by atoms with E-state index in [0.29, 0.717) is 12.0 Å². The molecule has 0 bridgehead atoms. The van der Waals surface area contributed by atoms with E-state index in [4.69, 9.17) is 9.47 Å². The van der Waals surface area contributed by atoms with Gasteiger partial charge in [0.05, 0.1) is 7.11 Å². The van der Waals surface area contributed by atoms with Crippen molar-refractivity contribution in [3.05, 3.63) is 59.2 Å². The molecule has 1 atom stereocenters. The average Bonchev–Trinajstić information content (AvgIpc) is 3.03. The molecule has 24 heavy (non-hydrogen) atoms. The van der Waals surface area contributed by atoms with E-state index >= 15 is 0 Å². The summed E-state index contributed by atoms with van der Waals surface area (Å²) in [6.45, 7) is 0.222. The molecule has 0 aromatic heterocycles. The number of fused-ring (bicyclic) bond motifs is 1. The largest absolute Gasteiger partial charge is 0.496 e. The van der Waals surface area contributed by atoms with E-state index in [2.05, 4.69) is 5.32 Å². The smallest absolute Gasteiger partial charge is 0.339 e. The molecule has 6 heteroatoms. The van der Waals surface area contributed by atoms with Gasteiger partial charge in [-0.1, -0.05) is 24.3 Å². The fraction of sp³-hybridized carbons (Fsp3) is 0.222. The number of carbonyl (C=O) groups excluding carboxylic acids is 1. The molecule has 0 unspecified atom stereocenters. The Balaban J connectivity index is 1.63. The van der Waals surface area contributed by atoms with Crippen molar-refractivity contribution in [2.45, 2.75) is 19.1 Å². The number of hydrogen-bond acceptors (Lipinski definition) is 4. The molecule has 0 saturated carbocycles. The van der Waals surface area contributed by atoms with Crippen LogP contribution >= 0.6 is 0 Å². The number of aromatic carboxylic acids is 1. The summed E-state index contributed by atoms with van der Waals surface area (Å²) in [7, 11) is 1.42. The summed E-state index contributed by atoms with van der Waals surface area (Å²) < 4.78 is 10.6. The highest BCUT2D eigenvalue weighted by Gasteiger charge is 2.28. The molecule has 1 amide bonds. The van der Waals surface area contributed by atoms with Crippen molar-refractivity contribution in [3.63, 3.8) is 0 Å². The molecular formula is C18H17NO5. The fourth-order valence-corrected chi connectivity index (χ4v) is 2.66. The fourth-order valence-electron chi connectivity index (χ4n) is 2.66. The Morgan fingerprint density at radius 1 is 1.29 bits per heavy atom. The standard InChI is InChI=1S/C18H17NO5/c1-23-15-7-6-11(8-13(15)18(21)22)10-19-17(20)16-9-12-4-2-3-5-14(12)24-16/h2-8,16H,9-10H2,1H3,(H,19,20)(H,21,22)/t16-/m0/s1. The van der Waals surface area contributed by atoms with E-state index in [1.165, 1.54) is 13.2 Å². The molecule has 2 aromatic rings. The van der Waals surface area contributed by atoms with Crippen molar-refractivity contribution >= 4 is 11.9 Å². The van der Waals surface area contributed by atoms with Crippen LogP contribution in [0.5, 0.6) is 11.5 Å². The van der Waals surface area contributed by atoms with Crippen LogP contribution < -0.4 is 14.8 Å². The van der Waals surface area contributed by atoms with E-state index in [0.717, 1.165) is 11.3 Å². The van der Waals surface area contributed by atoms with Gasteiger partial charge in [-0.3, -0.25) is 4.79 Å². The molecule has 0 aliphatic carbocycles. The number of carbonyl (C=O) groups is 2. The van der Waals surface area contributed by atoms with Crippen LogP contribution in [0.25, 0.3) is 0 Å². The number of benzene rings is 2. The predicted octanol–water partition coefficient (Wildman–Crippen LogP) is 2.01. The summed E-state index contributed by atoms with van der Waals surface area (Å²) in [6.07, 6.45) is -0.0232. The molecule has 0 saturated heterocycles. The molecule has 1 heterocycles. The van der Waals surface area contributed by atoms with Crippen LogP contribution in [0.15, 0.2) is 42.5 Å². The lowest BCUT2D eigenvalue weighted by Crippen LogP contribution is -2.37. The van der Waals surface area contributed by atoms with Crippen molar-refractivity contribution in [2.24, 2.45) is 0 Å². The minimum absolute atomic E-state index is 0.0637. The van der Waals surface area contributed by atoms with Crippen LogP contribution in [0.1, 0.15) is 21.5 Å². The second-order valence-electron chi connectivity index (χ2n) is 5.48. The number of rotatable bonds is 5. The number of carboxylic acid groups (broad SMARTS) is 1. The van der Waals surface area contributed by atoms with Crippen LogP contribution in [0.2, 0.25) is 0 Å². The van der Waals surface area contributed by atoms with E-state index < -0.39 is 12.1 Å². The summed E-state index contributed by atoms with van der Waals surface area (Å²) in [4.78, 5) is 23.5. The number of ether oxygens (including phenoxy) is 2. The van der Waals surface area contributed by atoms with Crippen molar-refractivity contribution in [3.8, 4) is 11.5 Å². The Kier molecular flexibility index (Phi) is 4.37. The molecule has 0 spiro atoms. The third-order valence-corrected chi connectivity index (χ3v) is 3.90. The Hall–Kier alpha value is -3.02. The highest BCUT2D eigenvalue weighted by Crippen LogP contribution is 2.28. The Morgan fingerprint density at radius 3 is 2.79 bits per heavy atom. The van der Waals surface area contributed by atoms with E-state index in [9.17, 15) is 14.7 Å². The molecular weight excluding hydrogens is 310 g/mol. The summed E-state index contributed by atoms with van der Waals surface area (Å²) >= 11 is 0. The van der Waals surface area contributed by atoms with Crippen molar-refractivity contribution in [1.82, 2.24) is 5.32 Å². The molecule has 1 aliphatic heterocycles. The van der Waals surface area contributed by atoms with Crippen LogP contribution in [-0.2, 0) is 17.8 Å². The number of hydrogen-bond donors (Lipinski definition) is 2. The topological polar surface area (TPSA) is 84.9 Å². The van der Waals surface area contributed by atoms with Crippen LogP contribution in [0.3, 0.4) is 0 Å². The van der Waals surface area contributed by atoms with Crippen LogP contribution in [0, 0.1) is 0 Å². The Morgan fingerprint density at radius 2 is 2.08 bits per heavy atom. The maximum Gasteiger partial charge on any atom is 0.339 e. The van der Waals surface area contributed by atoms with Gasteiger partial charge in [0.2, 0.25) is 0 Å². The van der Waals surface area contributed by atoms with Gasteiger partial charge in [0, 0.05) is 13.0 Å². The predicted molar refractivity (Wildman–Crippen MR) is 86.4 cm³/mol. The molecule has 124 valence electrons. The van der Waals surface area contributed by atoms with Gasteiger partial charge in [0.1, 0.15) is 17.1 Å².